The number of anilines is 1. The van der Waals surface area contributed by atoms with E-state index in [0.717, 1.165) is 28.9 Å². The molecule has 1 atom stereocenters. The van der Waals surface area contributed by atoms with E-state index in [1.807, 2.05) is 0 Å². The lowest BCUT2D eigenvalue weighted by Crippen LogP contribution is -2.23. The van der Waals surface area contributed by atoms with Crippen molar-refractivity contribution in [2.75, 3.05) is 11.9 Å². The number of nitrogens with one attached hydrogen (secondary N) is 1. The summed E-state index contributed by atoms with van der Waals surface area (Å²) < 4.78 is 7.11. The summed E-state index contributed by atoms with van der Waals surface area (Å²) in [6, 6.07) is 12.7. The van der Waals surface area contributed by atoms with Crippen LogP contribution in [0.4, 0.5) is 5.69 Å². The van der Waals surface area contributed by atoms with Crippen molar-refractivity contribution in [3.05, 3.63) is 57.6 Å². The number of benzene rings is 2. The lowest BCUT2D eigenvalue weighted by atomic mass is 10.1. The lowest BCUT2D eigenvalue weighted by molar-refractivity contribution is 0.246. The third-order valence-electron chi connectivity index (χ3n) is 3.65. The SMILES string of the molecule is Cc1ccc2c(c1)CC(CNc1ccc(Br)c(C)c1)O2. The van der Waals surface area contributed by atoms with Gasteiger partial charge >= 0.3 is 0 Å². The van der Waals surface area contributed by atoms with Gasteiger partial charge in [-0.05, 0) is 49.2 Å². The Kier molecular flexibility index (Phi) is 3.70. The quantitative estimate of drug-likeness (QED) is 0.895. The fourth-order valence-corrected chi connectivity index (χ4v) is 2.80. The van der Waals surface area contributed by atoms with Crippen LogP contribution in [-0.4, -0.2) is 12.6 Å². The van der Waals surface area contributed by atoms with Gasteiger partial charge < -0.3 is 10.1 Å². The number of hydrogen-bond acceptors (Lipinski definition) is 2. The summed E-state index contributed by atoms with van der Waals surface area (Å²) in [4.78, 5) is 0. The van der Waals surface area contributed by atoms with Crippen LogP contribution in [0, 0.1) is 13.8 Å². The number of rotatable bonds is 3. The van der Waals surface area contributed by atoms with Crippen molar-refractivity contribution in [2.45, 2.75) is 26.4 Å². The molecule has 0 amide bonds. The first-order valence-electron chi connectivity index (χ1n) is 6.88. The summed E-state index contributed by atoms with van der Waals surface area (Å²) in [6.07, 6.45) is 1.20. The maximum Gasteiger partial charge on any atom is 0.123 e. The first kappa shape index (κ1) is 13.5. The summed E-state index contributed by atoms with van der Waals surface area (Å²) in [5.41, 5.74) is 5.00. The second-order valence-electron chi connectivity index (χ2n) is 5.40. The van der Waals surface area contributed by atoms with E-state index in [9.17, 15) is 0 Å². The topological polar surface area (TPSA) is 21.3 Å². The smallest absolute Gasteiger partial charge is 0.123 e. The molecule has 0 aliphatic carbocycles. The Bertz CT molecular complexity index is 639. The molecule has 20 heavy (non-hydrogen) atoms. The van der Waals surface area contributed by atoms with E-state index < -0.39 is 0 Å². The third kappa shape index (κ3) is 2.83. The minimum absolute atomic E-state index is 0.218. The molecular formula is C17H18BrNO. The molecule has 0 saturated heterocycles. The second-order valence-corrected chi connectivity index (χ2v) is 6.25. The highest BCUT2D eigenvalue weighted by atomic mass is 79.9. The molecular weight excluding hydrogens is 314 g/mol. The average Bonchev–Trinajstić information content (AvgIpc) is 2.82. The Labute approximate surface area is 128 Å². The zero-order valence-electron chi connectivity index (χ0n) is 11.7. The van der Waals surface area contributed by atoms with Gasteiger partial charge in [-0.1, -0.05) is 33.6 Å². The van der Waals surface area contributed by atoms with Crippen LogP contribution in [0.3, 0.4) is 0 Å². The molecule has 3 rings (SSSR count). The van der Waals surface area contributed by atoms with Crippen molar-refractivity contribution in [2.24, 2.45) is 0 Å². The molecule has 1 aliphatic heterocycles. The van der Waals surface area contributed by atoms with Crippen LogP contribution >= 0.6 is 15.9 Å². The zero-order chi connectivity index (χ0) is 14.1. The molecule has 1 unspecified atom stereocenters. The molecule has 1 N–H and O–H groups in total. The number of hydrogen-bond donors (Lipinski definition) is 1. The Hall–Kier alpha value is -1.48. The van der Waals surface area contributed by atoms with E-state index in [1.165, 1.54) is 16.7 Å². The van der Waals surface area contributed by atoms with Gasteiger partial charge in [-0.15, -0.1) is 0 Å². The Morgan fingerprint density at radius 3 is 2.85 bits per heavy atom. The second kappa shape index (κ2) is 5.49. The molecule has 0 spiro atoms. The Morgan fingerprint density at radius 2 is 2.05 bits per heavy atom. The molecule has 2 nitrogen and oxygen atoms in total. The summed E-state index contributed by atoms with van der Waals surface area (Å²) in [5.74, 6) is 1.04. The van der Waals surface area contributed by atoms with E-state index >= 15 is 0 Å². The van der Waals surface area contributed by atoms with Crippen molar-refractivity contribution >= 4 is 21.6 Å². The molecule has 0 bridgehead atoms. The van der Waals surface area contributed by atoms with Gasteiger partial charge in [-0.3, -0.25) is 0 Å². The summed E-state index contributed by atoms with van der Waals surface area (Å²) in [5, 5.41) is 3.46. The Balaban J connectivity index is 1.62. The maximum atomic E-state index is 5.97. The number of aryl methyl sites for hydroxylation is 2. The van der Waals surface area contributed by atoms with Crippen molar-refractivity contribution < 1.29 is 4.74 Å². The third-order valence-corrected chi connectivity index (χ3v) is 4.54. The fourth-order valence-electron chi connectivity index (χ4n) is 2.55. The summed E-state index contributed by atoms with van der Waals surface area (Å²) >= 11 is 3.52. The van der Waals surface area contributed by atoms with Crippen LogP contribution in [0.15, 0.2) is 40.9 Å². The van der Waals surface area contributed by atoms with Gasteiger partial charge in [0.1, 0.15) is 11.9 Å². The molecule has 104 valence electrons. The number of fused-ring (bicyclic) bond motifs is 1. The van der Waals surface area contributed by atoms with Crippen molar-refractivity contribution in [1.29, 1.82) is 0 Å². The van der Waals surface area contributed by atoms with Crippen LogP contribution in [0.1, 0.15) is 16.7 Å². The molecule has 0 radical (unpaired) electrons. The molecule has 0 saturated carbocycles. The first-order valence-corrected chi connectivity index (χ1v) is 7.67. The molecule has 0 aromatic heterocycles. The highest BCUT2D eigenvalue weighted by Crippen LogP contribution is 2.29. The van der Waals surface area contributed by atoms with Gasteiger partial charge in [-0.25, -0.2) is 0 Å². The molecule has 0 fully saturated rings. The highest BCUT2D eigenvalue weighted by molar-refractivity contribution is 9.10. The van der Waals surface area contributed by atoms with Gasteiger partial charge in [0.25, 0.3) is 0 Å². The predicted octanol–water partition coefficient (Wildman–Crippen LogP) is 4.48. The molecule has 1 aliphatic rings. The normalized spacial score (nSPS) is 16.6. The average molecular weight is 332 g/mol. The summed E-state index contributed by atoms with van der Waals surface area (Å²) in [7, 11) is 0. The van der Waals surface area contributed by atoms with Crippen LogP contribution in [-0.2, 0) is 6.42 Å². The Morgan fingerprint density at radius 1 is 1.20 bits per heavy atom. The van der Waals surface area contributed by atoms with Crippen LogP contribution in [0.2, 0.25) is 0 Å². The van der Waals surface area contributed by atoms with Gasteiger partial charge in [0.2, 0.25) is 0 Å². The van der Waals surface area contributed by atoms with Gasteiger partial charge in [0, 0.05) is 16.6 Å². The largest absolute Gasteiger partial charge is 0.488 e. The number of ether oxygens (including phenoxy) is 1. The van der Waals surface area contributed by atoms with E-state index in [1.54, 1.807) is 0 Å². The van der Waals surface area contributed by atoms with E-state index in [4.69, 9.17) is 4.74 Å². The first-order chi connectivity index (χ1) is 9.61. The highest BCUT2D eigenvalue weighted by Gasteiger charge is 2.22. The van der Waals surface area contributed by atoms with Crippen LogP contribution < -0.4 is 10.1 Å². The minimum atomic E-state index is 0.218. The molecule has 1 heterocycles. The van der Waals surface area contributed by atoms with E-state index in [0.29, 0.717) is 0 Å². The van der Waals surface area contributed by atoms with E-state index in [-0.39, 0.29) is 6.10 Å². The lowest BCUT2D eigenvalue weighted by Gasteiger charge is -2.13. The van der Waals surface area contributed by atoms with Gasteiger partial charge in [-0.2, -0.15) is 0 Å². The van der Waals surface area contributed by atoms with Crippen LogP contribution in [0.25, 0.3) is 0 Å². The maximum absolute atomic E-state index is 5.97. The molecule has 2 aromatic carbocycles. The standard InChI is InChI=1S/C17H18BrNO/c1-11-3-6-17-13(7-11)9-15(20-17)10-19-14-4-5-16(18)12(2)8-14/h3-8,15,19H,9-10H2,1-2H3. The van der Waals surface area contributed by atoms with Crippen molar-refractivity contribution in [1.82, 2.24) is 0 Å². The monoisotopic (exact) mass is 331 g/mol. The zero-order valence-corrected chi connectivity index (χ0v) is 13.3. The fraction of sp³-hybridized carbons (Fsp3) is 0.294. The van der Waals surface area contributed by atoms with Gasteiger partial charge in [0.15, 0.2) is 0 Å². The van der Waals surface area contributed by atoms with Crippen molar-refractivity contribution in [3.63, 3.8) is 0 Å². The van der Waals surface area contributed by atoms with Gasteiger partial charge in [0.05, 0.1) is 6.54 Å². The van der Waals surface area contributed by atoms with E-state index in [2.05, 4.69) is 71.5 Å². The van der Waals surface area contributed by atoms with Crippen LogP contribution in [0.5, 0.6) is 5.75 Å². The summed E-state index contributed by atoms with van der Waals surface area (Å²) in [6.45, 7) is 5.05. The number of halogens is 1. The molecule has 2 aromatic rings. The predicted molar refractivity (Wildman–Crippen MR) is 86.7 cm³/mol. The molecule has 3 heteroatoms. The van der Waals surface area contributed by atoms with Crippen molar-refractivity contribution in [3.8, 4) is 5.75 Å². The minimum Gasteiger partial charge on any atom is -0.488 e.